The Morgan fingerprint density at radius 3 is 2.54 bits per heavy atom. The van der Waals surface area contributed by atoms with Crippen LogP contribution in [0.15, 0.2) is 67.0 Å². The normalized spacial score (nSPS) is 12.2. The molecule has 0 fully saturated rings. The number of fused-ring (bicyclic) bond motifs is 1. The van der Waals surface area contributed by atoms with Gasteiger partial charge in [0.15, 0.2) is 0 Å². The van der Waals surface area contributed by atoms with Gasteiger partial charge in [0, 0.05) is 18.1 Å². The number of hydrogen-bond donors (Lipinski definition) is 3. The summed E-state index contributed by atoms with van der Waals surface area (Å²) >= 11 is 0. The van der Waals surface area contributed by atoms with Gasteiger partial charge in [-0.2, -0.15) is 5.10 Å². The monoisotopic (exact) mass is 374 g/mol. The van der Waals surface area contributed by atoms with Crippen LogP contribution in [0, 0.1) is 5.92 Å². The molecule has 0 aliphatic heterocycles. The highest BCUT2D eigenvalue weighted by molar-refractivity contribution is 5.89. The zero-order valence-corrected chi connectivity index (χ0v) is 15.8. The molecule has 4 rings (SSSR count). The Morgan fingerprint density at radius 1 is 1.07 bits per heavy atom. The molecule has 0 bridgehead atoms. The van der Waals surface area contributed by atoms with Crippen LogP contribution in [0.5, 0.6) is 0 Å². The molecule has 4 aromatic rings. The number of aromatic nitrogens is 4. The molecule has 2 heterocycles. The number of nitrogens with one attached hydrogen (secondary N) is 3. The molecule has 7 nitrogen and oxygen atoms in total. The predicted octanol–water partition coefficient (Wildman–Crippen LogP) is 4.27. The lowest BCUT2D eigenvalue weighted by atomic mass is 10.0. The van der Waals surface area contributed by atoms with Gasteiger partial charge in [-0.15, -0.1) is 0 Å². The highest BCUT2D eigenvalue weighted by Crippen LogP contribution is 2.22. The maximum Gasteiger partial charge on any atom is 0.319 e. The molecule has 1 unspecified atom stereocenters. The average Bonchev–Trinajstić information content (AvgIpc) is 3.36. The second-order valence-corrected chi connectivity index (χ2v) is 6.96. The number of benzene rings is 2. The number of aromatic amines is 1. The average molecular weight is 374 g/mol. The number of imidazole rings is 1. The largest absolute Gasteiger partial charge is 0.340 e. The van der Waals surface area contributed by atoms with Gasteiger partial charge in [-0.3, -0.25) is 0 Å². The first kappa shape index (κ1) is 17.8. The molecule has 7 heteroatoms. The number of carbonyl (C=O) groups excluding carboxylic acids is 1. The van der Waals surface area contributed by atoms with Crippen LogP contribution in [0.2, 0.25) is 0 Å². The zero-order valence-electron chi connectivity index (χ0n) is 15.8. The maximum atomic E-state index is 12.5. The van der Waals surface area contributed by atoms with Crippen LogP contribution in [0.1, 0.15) is 25.7 Å². The van der Waals surface area contributed by atoms with Gasteiger partial charge < -0.3 is 15.6 Å². The van der Waals surface area contributed by atoms with Crippen LogP contribution in [-0.4, -0.2) is 25.8 Å². The number of rotatable bonds is 5. The van der Waals surface area contributed by atoms with Crippen LogP contribution in [0.3, 0.4) is 0 Å². The summed E-state index contributed by atoms with van der Waals surface area (Å²) in [6.07, 6.45) is 3.60. The van der Waals surface area contributed by atoms with Gasteiger partial charge in [-0.05, 0) is 48.4 Å². The van der Waals surface area contributed by atoms with E-state index in [9.17, 15) is 4.79 Å². The van der Waals surface area contributed by atoms with Crippen LogP contribution in [0.4, 0.5) is 10.5 Å². The lowest BCUT2D eigenvalue weighted by Gasteiger charge is -2.20. The van der Waals surface area contributed by atoms with Crippen molar-refractivity contribution < 1.29 is 4.79 Å². The standard InChI is InChI=1S/C21H22N6O/c1-14(2)19(20-24-17-6-3-4-7-18(17)25-20)26-21(28)23-15-8-10-16(11-9-15)27-13-5-12-22-27/h3-14,19H,1-2H3,(H,24,25)(H2,23,26,28). The number of H-pyrrole nitrogens is 1. The van der Waals surface area contributed by atoms with E-state index in [1.54, 1.807) is 10.9 Å². The number of carbonyl (C=O) groups is 1. The van der Waals surface area contributed by atoms with E-state index in [2.05, 4.69) is 39.5 Å². The van der Waals surface area contributed by atoms with E-state index in [0.717, 1.165) is 22.5 Å². The molecule has 1 atom stereocenters. The fraction of sp³-hybridized carbons (Fsp3) is 0.190. The highest BCUT2D eigenvalue weighted by atomic mass is 16.2. The van der Waals surface area contributed by atoms with Crippen molar-refractivity contribution in [2.24, 2.45) is 5.92 Å². The summed E-state index contributed by atoms with van der Waals surface area (Å²) in [5.74, 6) is 0.925. The van der Waals surface area contributed by atoms with Gasteiger partial charge >= 0.3 is 6.03 Å². The summed E-state index contributed by atoms with van der Waals surface area (Å²) in [7, 11) is 0. The van der Waals surface area contributed by atoms with Crippen molar-refractivity contribution in [1.29, 1.82) is 0 Å². The van der Waals surface area contributed by atoms with Gasteiger partial charge in [0.1, 0.15) is 5.82 Å². The Balaban J connectivity index is 1.46. The molecule has 0 aliphatic rings. The van der Waals surface area contributed by atoms with Crippen molar-refractivity contribution in [2.75, 3.05) is 5.32 Å². The number of amides is 2. The van der Waals surface area contributed by atoms with E-state index in [-0.39, 0.29) is 18.0 Å². The summed E-state index contributed by atoms with van der Waals surface area (Å²) in [6.45, 7) is 4.11. The van der Waals surface area contributed by atoms with E-state index in [0.29, 0.717) is 5.69 Å². The van der Waals surface area contributed by atoms with E-state index in [1.807, 2.05) is 60.8 Å². The smallest absolute Gasteiger partial charge is 0.319 e. The Morgan fingerprint density at radius 2 is 1.86 bits per heavy atom. The van der Waals surface area contributed by atoms with Crippen molar-refractivity contribution in [1.82, 2.24) is 25.1 Å². The van der Waals surface area contributed by atoms with Crippen molar-refractivity contribution in [2.45, 2.75) is 19.9 Å². The van der Waals surface area contributed by atoms with E-state index in [1.165, 1.54) is 0 Å². The molecule has 0 radical (unpaired) electrons. The number of para-hydroxylation sites is 2. The minimum Gasteiger partial charge on any atom is -0.340 e. The third-order valence-corrected chi connectivity index (χ3v) is 4.55. The fourth-order valence-corrected chi connectivity index (χ4v) is 3.10. The number of urea groups is 1. The molecule has 0 saturated carbocycles. The van der Waals surface area contributed by atoms with Gasteiger partial charge in [0.05, 0.1) is 22.8 Å². The minimum absolute atomic E-state index is 0.175. The molecule has 0 spiro atoms. The summed E-state index contributed by atoms with van der Waals surface area (Å²) < 4.78 is 1.76. The summed E-state index contributed by atoms with van der Waals surface area (Å²) in [4.78, 5) is 20.5. The number of hydrogen-bond acceptors (Lipinski definition) is 3. The topological polar surface area (TPSA) is 87.6 Å². The highest BCUT2D eigenvalue weighted by Gasteiger charge is 2.21. The third kappa shape index (κ3) is 3.73. The molecule has 2 aromatic heterocycles. The second kappa shape index (κ2) is 7.56. The van der Waals surface area contributed by atoms with E-state index < -0.39 is 0 Å². The third-order valence-electron chi connectivity index (χ3n) is 4.55. The Kier molecular flexibility index (Phi) is 4.80. The molecular formula is C21H22N6O. The van der Waals surface area contributed by atoms with Crippen LogP contribution in [0.25, 0.3) is 16.7 Å². The Labute approximate surface area is 162 Å². The first-order chi connectivity index (χ1) is 13.6. The van der Waals surface area contributed by atoms with Crippen LogP contribution < -0.4 is 10.6 Å². The molecule has 142 valence electrons. The molecule has 2 aromatic carbocycles. The molecule has 28 heavy (non-hydrogen) atoms. The lowest BCUT2D eigenvalue weighted by Crippen LogP contribution is -2.35. The predicted molar refractivity (Wildman–Crippen MR) is 109 cm³/mol. The first-order valence-electron chi connectivity index (χ1n) is 9.22. The number of anilines is 1. The summed E-state index contributed by atoms with van der Waals surface area (Å²) in [6, 6.07) is 16.7. The van der Waals surface area contributed by atoms with Crippen molar-refractivity contribution >= 4 is 22.8 Å². The van der Waals surface area contributed by atoms with Crippen molar-refractivity contribution in [3.63, 3.8) is 0 Å². The van der Waals surface area contributed by atoms with Crippen LogP contribution >= 0.6 is 0 Å². The summed E-state index contributed by atoms with van der Waals surface area (Å²) in [5, 5.41) is 10.1. The van der Waals surface area contributed by atoms with Gasteiger partial charge in [-0.25, -0.2) is 14.5 Å². The second-order valence-electron chi connectivity index (χ2n) is 6.96. The molecular weight excluding hydrogens is 352 g/mol. The van der Waals surface area contributed by atoms with E-state index >= 15 is 0 Å². The first-order valence-corrected chi connectivity index (χ1v) is 9.22. The van der Waals surface area contributed by atoms with E-state index in [4.69, 9.17) is 0 Å². The van der Waals surface area contributed by atoms with Crippen molar-refractivity contribution in [3.05, 3.63) is 72.8 Å². The van der Waals surface area contributed by atoms with Gasteiger partial charge in [0.25, 0.3) is 0 Å². The molecule has 0 aliphatic carbocycles. The zero-order chi connectivity index (χ0) is 19.5. The van der Waals surface area contributed by atoms with Crippen molar-refractivity contribution in [3.8, 4) is 5.69 Å². The number of nitrogens with zero attached hydrogens (tertiary/aromatic N) is 3. The summed E-state index contributed by atoms with van der Waals surface area (Å²) in [5.41, 5.74) is 3.48. The fourth-order valence-electron chi connectivity index (χ4n) is 3.10. The Hall–Kier alpha value is -3.61. The molecule has 2 amide bonds. The molecule has 3 N–H and O–H groups in total. The van der Waals surface area contributed by atoms with Gasteiger partial charge in [0.2, 0.25) is 0 Å². The SMILES string of the molecule is CC(C)C(NC(=O)Nc1ccc(-n2cccn2)cc1)c1nc2ccccc2[nH]1. The van der Waals surface area contributed by atoms with Crippen LogP contribution in [-0.2, 0) is 0 Å². The lowest BCUT2D eigenvalue weighted by molar-refractivity contribution is 0.244. The maximum absolute atomic E-state index is 12.5. The Bertz CT molecular complexity index is 1030. The minimum atomic E-state index is -0.272. The molecule has 0 saturated heterocycles. The van der Waals surface area contributed by atoms with Gasteiger partial charge in [-0.1, -0.05) is 26.0 Å². The quantitative estimate of drug-likeness (QED) is 0.487.